The zero-order valence-electron chi connectivity index (χ0n) is 11.5. The maximum absolute atomic E-state index is 13.8. The van der Waals surface area contributed by atoms with Crippen molar-refractivity contribution in [1.82, 2.24) is 9.55 Å². The first-order valence-corrected chi connectivity index (χ1v) is 7.53. The van der Waals surface area contributed by atoms with Crippen molar-refractivity contribution in [2.45, 2.75) is 39.2 Å². The van der Waals surface area contributed by atoms with E-state index in [2.05, 4.69) is 11.9 Å². The maximum atomic E-state index is 13.8. The van der Waals surface area contributed by atoms with Crippen LogP contribution >= 0.6 is 12.2 Å². The number of rotatable bonds is 2. The SMILES string of the molecule is CC1CCCC(Cn2c(=S)[nH]c3c(F)cc(F)cc32)C1. The van der Waals surface area contributed by atoms with Crippen molar-refractivity contribution in [3.8, 4) is 0 Å². The molecule has 2 nitrogen and oxygen atoms in total. The van der Waals surface area contributed by atoms with Crippen molar-refractivity contribution < 1.29 is 8.78 Å². The fourth-order valence-electron chi connectivity index (χ4n) is 3.35. The molecule has 3 rings (SSSR count). The number of nitrogens with zero attached hydrogens (tertiary/aromatic N) is 1. The Balaban J connectivity index is 1.98. The van der Waals surface area contributed by atoms with Crippen molar-refractivity contribution >= 4 is 23.3 Å². The Labute approximate surface area is 121 Å². The van der Waals surface area contributed by atoms with Crippen LogP contribution in [0.25, 0.3) is 11.0 Å². The fourth-order valence-corrected chi connectivity index (χ4v) is 3.62. The van der Waals surface area contributed by atoms with Crippen LogP contribution in [0, 0.1) is 28.2 Å². The van der Waals surface area contributed by atoms with E-state index in [0.29, 0.717) is 21.7 Å². The molecule has 1 N–H and O–H groups in total. The molecule has 2 unspecified atom stereocenters. The number of halogens is 2. The van der Waals surface area contributed by atoms with Gasteiger partial charge in [0.05, 0.1) is 5.52 Å². The third-order valence-electron chi connectivity index (χ3n) is 4.29. The van der Waals surface area contributed by atoms with Crippen LogP contribution in [-0.2, 0) is 6.54 Å². The van der Waals surface area contributed by atoms with Gasteiger partial charge in [-0.2, -0.15) is 0 Å². The smallest absolute Gasteiger partial charge is 0.178 e. The normalized spacial score (nSPS) is 23.4. The molecule has 0 saturated heterocycles. The quantitative estimate of drug-likeness (QED) is 0.789. The van der Waals surface area contributed by atoms with E-state index in [1.54, 1.807) is 0 Å². The van der Waals surface area contributed by atoms with E-state index in [-0.39, 0.29) is 0 Å². The molecule has 0 aliphatic heterocycles. The molecule has 1 aliphatic carbocycles. The second kappa shape index (κ2) is 5.28. The monoisotopic (exact) mass is 296 g/mol. The Bertz CT molecular complexity index is 689. The van der Waals surface area contributed by atoms with Gasteiger partial charge >= 0.3 is 0 Å². The Hall–Kier alpha value is -1.23. The molecule has 1 heterocycles. The van der Waals surface area contributed by atoms with Gasteiger partial charge in [-0.3, -0.25) is 0 Å². The number of hydrogen-bond acceptors (Lipinski definition) is 1. The summed E-state index contributed by atoms with van der Waals surface area (Å²) in [5.74, 6) is 0.119. The lowest BCUT2D eigenvalue weighted by atomic mass is 9.82. The van der Waals surface area contributed by atoms with E-state index in [9.17, 15) is 8.78 Å². The fraction of sp³-hybridized carbons (Fsp3) is 0.533. The lowest BCUT2D eigenvalue weighted by Crippen LogP contribution is -2.18. The number of fused-ring (bicyclic) bond motifs is 1. The number of aromatic nitrogens is 2. The van der Waals surface area contributed by atoms with E-state index < -0.39 is 11.6 Å². The minimum Gasteiger partial charge on any atom is -0.328 e. The Morgan fingerprint density at radius 3 is 2.90 bits per heavy atom. The van der Waals surface area contributed by atoms with Crippen molar-refractivity contribution in [2.75, 3.05) is 0 Å². The summed E-state index contributed by atoms with van der Waals surface area (Å²) in [7, 11) is 0. The third-order valence-corrected chi connectivity index (χ3v) is 4.61. The van der Waals surface area contributed by atoms with Gasteiger partial charge in [-0.1, -0.05) is 19.8 Å². The molecule has 1 aromatic heterocycles. The molecule has 0 bridgehead atoms. The highest BCUT2D eigenvalue weighted by atomic mass is 32.1. The molecule has 0 spiro atoms. The predicted molar refractivity (Wildman–Crippen MR) is 78.2 cm³/mol. The molecule has 1 saturated carbocycles. The molecular weight excluding hydrogens is 278 g/mol. The first-order valence-electron chi connectivity index (χ1n) is 7.12. The average molecular weight is 296 g/mol. The third kappa shape index (κ3) is 2.51. The predicted octanol–water partition coefficient (Wildman–Crippen LogP) is 4.80. The van der Waals surface area contributed by atoms with E-state index in [4.69, 9.17) is 12.2 Å². The number of nitrogens with one attached hydrogen (secondary N) is 1. The summed E-state index contributed by atoms with van der Waals surface area (Å²) in [4.78, 5) is 2.86. The minimum atomic E-state index is -0.582. The van der Waals surface area contributed by atoms with Gasteiger partial charge in [0, 0.05) is 12.6 Å². The molecule has 1 fully saturated rings. The minimum absolute atomic E-state index is 0.306. The summed E-state index contributed by atoms with van der Waals surface area (Å²) >= 11 is 5.27. The van der Waals surface area contributed by atoms with Crippen molar-refractivity contribution in [3.63, 3.8) is 0 Å². The van der Waals surface area contributed by atoms with Gasteiger partial charge in [0.1, 0.15) is 11.3 Å². The van der Waals surface area contributed by atoms with Gasteiger partial charge in [-0.25, -0.2) is 8.78 Å². The lowest BCUT2D eigenvalue weighted by molar-refractivity contribution is 0.258. The van der Waals surface area contributed by atoms with E-state index in [1.165, 1.54) is 18.9 Å². The Kier molecular flexibility index (Phi) is 3.63. The van der Waals surface area contributed by atoms with Crippen molar-refractivity contribution in [1.29, 1.82) is 0 Å². The summed E-state index contributed by atoms with van der Waals surface area (Å²) in [6, 6.07) is 2.25. The molecule has 20 heavy (non-hydrogen) atoms. The summed E-state index contributed by atoms with van der Waals surface area (Å²) in [5, 5.41) is 0. The molecule has 0 radical (unpaired) electrons. The molecule has 2 aromatic rings. The van der Waals surface area contributed by atoms with Gasteiger partial charge in [0.25, 0.3) is 0 Å². The summed E-state index contributed by atoms with van der Waals surface area (Å²) in [6.07, 6.45) is 4.83. The van der Waals surface area contributed by atoms with Crippen LogP contribution in [0.4, 0.5) is 8.78 Å². The highest BCUT2D eigenvalue weighted by Crippen LogP contribution is 2.31. The largest absolute Gasteiger partial charge is 0.328 e. The number of H-pyrrole nitrogens is 1. The standard InChI is InChI=1S/C15H18F2N2S/c1-9-3-2-4-10(5-9)8-19-13-7-11(16)6-12(17)14(13)18-15(19)20/h6-7,9-10H,2-5,8H2,1H3,(H,18,20). The van der Waals surface area contributed by atoms with Crippen LogP contribution in [0.5, 0.6) is 0 Å². The summed E-state index contributed by atoms with van der Waals surface area (Å²) in [6.45, 7) is 3.01. The number of imidazole rings is 1. The average Bonchev–Trinajstić information content (AvgIpc) is 2.68. The van der Waals surface area contributed by atoms with E-state index in [0.717, 1.165) is 31.4 Å². The second-order valence-electron chi connectivity index (χ2n) is 5.96. The zero-order chi connectivity index (χ0) is 14.3. The molecular formula is C15H18F2N2S. The van der Waals surface area contributed by atoms with Gasteiger partial charge in [0.15, 0.2) is 10.6 Å². The first-order chi connectivity index (χ1) is 9.54. The van der Waals surface area contributed by atoms with Crippen LogP contribution in [0.3, 0.4) is 0 Å². The second-order valence-corrected chi connectivity index (χ2v) is 6.35. The van der Waals surface area contributed by atoms with Gasteiger partial charge in [-0.05, 0) is 43.0 Å². The van der Waals surface area contributed by atoms with Gasteiger partial charge < -0.3 is 9.55 Å². The number of hydrogen-bond donors (Lipinski definition) is 1. The number of benzene rings is 1. The van der Waals surface area contributed by atoms with Crippen LogP contribution in [0.1, 0.15) is 32.6 Å². The van der Waals surface area contributed by atoms with Crippen LogP contribution in [0.15, 0.2) is 12.1 Å². The molecule has 5 heteroatoms. The molecule has 108 valence electrons. The van der Waals surface area contributed by atoms with Crippen LogP contribution in [0.2, 0.25) is 0 Å². The Morgan fingerprint density at radius 1 is 1.35 bits per heavy atom. The van der Waals surface area contributed by atoms with Gasteiger partial charge in [0.2, 0.25) is 0 Å². The van der Waals surface area contributed by atoms with E-state index >= 15 is 0 Å². The van der Waals surface area contributed by atoms with E-state index in [1.807, 2.05) is 4.57 Å². The highest BCUT2D eigenvalue weighted by molar-refractivity contribution is 7.71. The van der Waals surface area contributed by atoms with Crippen molar-refractivity contribution in [2.24, 2.45) is 11.8 Å². The topological polar surface area (TPSA) is 20.7 Å². The highest BCUT2D eigenvalue weighted by Gasteiger charge is 2.21. The maximum Gasteiger partial charge on any atom is 0.178 e. The Morgan fingerprint density at radius 2 is 2.15 bits per heavy atom. The zero-order valence-corrected chi connectivity index (χ0v) is 12.3. The first kappa shape index (κ1) is 13.7. The molecule has 0 amide bonds. The number of aromatic amines is 1. The van der Waals surface area contributed by atoms with Crippen LogP contribution < -0.4 is 0 Å². The molecule has 2 atom stereocenters. The van der Waals surface area contributed by atoms with Gasteiger partial charge in [-0.15, -0.1) is 0 Å². The molecule has 1 aliphatic rings. The summed E-state index contributed by atoms with van der Waals surface area (Å²) < 4.78 is 29.5. The lowest BCUT2D eigenvalue weighted by Gasteiger charge is -2.27. The van der Waals surface area contributed by atoms with Crippen molar-refractivity contribution in [3.05, 3.63) is 28.5 Å². The van der Waals surface area contributed by atoms with Crippen LogP contribution in [-0.4, -0.2) is 9.55 Å². The molecule has 1 aromatic carbocycles. The summed E-state index contributed by atoms with van der Waals surface area (Å²) in [5.41, 5.74) is 0.839.